The second-order valence-electron chi connectivity index (χ2n) is 8.28. The van der Waals surface area contributed by atoms with Gasteiger partial charge in [-0.25, -0.2) is 9.41 Å². The lowest BCUT2D eigenvalue weighted by atomic mass is 9.82. The summed E-state index contributed by atoms with van der Waals surface area (Å²) in [6, 6.07) is 14.7. The van der Waals surface area contributed by atoms with Crippen LogP contribution in [0.15, 0.2) is 53.1 Å². The predicted octanol–water partition coefficient (Wildman–Crippen LogP) is 6.98. The van der Waals surface area contributed by atoms with Gasteiger partial charge in [-0.1, -0.05) is 31.4 Å². The Balaban J connectivity index is 1.77. The summed E-state index contributed by atoms with van der Waals surface area (Å²) in [7, 11) is 2.07. The molecule has 2 aromatic heterocycles. The molecule has 0 N–H and O–H groups in total. The first-order chi connectivity index (χ1) is 14.2. The second-order valence-corrected chi connectivity index (χ2v) is 8.28. The Kier molecular flexibility index (Phi) is 4.36. The van der Waals surface area contributed by atoms with Crippen LogP contribution in [0.1, 0.15) is 49.1 Å². The number of hydrogen-bond donors (Lipinski definition) is 0. The number of fused-ring (bicyclic) bond motifs is 3. The van der Waals surface area contributed by atoms with Crippen LogP contribution in [0, 0.1) is 13.5 Å². The van der Waals surface area contributed by atoms with E-state index >= 15 is 0 Å². The summed E-state index contributed by atoms with van der Waals surface area (Å²) < 4.78 is 8.62. The van der Waals surface area contributed by atoms with E-state index in [-0.39, 0.29) is 0 Å². The monoisotopic (exact) mass is 381 g/mol. The molecule has 5 rings (SSSR count). The molecule has 3 heteroatoms. The number of pyridine rings is 1. The van der Waals surface area contributed by atoms with Gasteiger partial charge in [-0.2, -0.15) is 0 Å². The summed E-state index contributed by atoms with van der Waals surface area (Å²) in [6.45, 7) is 9.86. The molecule has 0 aliphatic heterocycles. The van der Waals surface area contributed by atoms with Gasteiger partial charge in [0.15, 0.2) is 11.9 Å². The lowest BCUT2D eigenvalue weighted by Gasteiger charge is -2.23. The number of benzene rings is 2. The third-order valence-electron chi connectivity index (χ3n) is 6.47. The lowest BCUT2D eigenvalue weighted by Crippen LogP contribution is -2.30. The predicted molar refractivity (Wildman–Crippen MR) is 117 cm³/mol. The minimum atomic E-state index is 0.435. The van der Waals surface area contributed by atoms with E-state index in [1.165, 1.54) is 36.1 Å². The van der Waals surface area contributed by atoms with Gasteiger partial charge in [-0.05, 0) is 49.4 Å². The summed E-state index contributed by atoms with van der Waals surface area (Å²) in [5.41, 5.74) is 7.31. The zero-order chi connectivity index (χ0) is 20.0. The van der Waals surface area contributed by atoms with Crippen LogP contribution in [0.2, 0.25) is 0 Å². The Labute approximate surface area is 171 Å². The third kappa shape index (κ3) is 2.91. The maximum atomic E-state index is 7.70. The Bertz CT molecular complexity index is 1270. The van der Waals surface area contributed by atoms with Crippen molar-refractivity contribution in [3.8, 4) is 11.3 Å². The van der Waals surface area contributed by atoms with Crippen LogP contribution < -0.4 is 4.57 Å². The highest BCUT2D eigenvalue weighted by Gasteiger charge is 2.25. The summed E-state index contributed by atoms with van der Waals surface area (Å²) in [5, 5.41) is 2.29. The average molecular weight is 381 g/mol. The molecule has 0 atom stereocenters. The first-order valence-corrected chi connectivity index (χ1v) is 10.5. The van der Waals surface area contributed by atoms with Gasteiger partial charge in [-0.15, -0.1) is 0 Å². The molecule has 1 saturated carbocycles. The highest BCUT2D eigenvalue weighted by Crippen LogP contribution is 2.45. The van der Waals surface area contributed by atoms with E-state index in [9.17, 15) is 0 Å². The Morgan fingerprint density at radius 2 is 1.86 bits per heavy atom. The zero-order valence-corrected chi connectivity index (χ0v) is 17.0. The van der Waals surface area contributed by atoms with Crippen LogP contribution in [0.4, 0.5) is 5.69 Å². The topological polar surface area (TPSA) is 21.4 Å². The van der Waals surface area contributed by atoms with Crippen LogP contribution in [0.5, 0.6) is 0 Å². The maximum Gasteiger partial charge on any atom is 0.212 e. The quantitative estimate of drug-likeness (QED) is 0.271. The summed E-state index contributed by atoms with van der Waals surface area (Å²) in [4.78, 5) is 3.85. The van der Waals surface area contributed by atoms with Gasteiger partial charge in [0, 0.05) is 28.5 Å². The fraction of sp³-hybridized carbons (Fsp3) is 0.308. The lowest BCUT2D eigenvalue weighted by molar-refractivity contribution is -0.660. The standard InChI is InChI=1S/C26H25N2O/c1-17-15-21-19-12-13-22(27-2)25(18-9-5-4-6-10-18)26(19)29-24(21)16-20(17)23-11-7-8-14-28(23)3/h7-8,11-16,18H,4-6,9-10H2,1,3H3/q+1. The average Bonchev–Trinajstić information content (AvgIpc) is 3.11. The molecule has 2 aromatic carbocycles. The van der Waals surface area contributed by atoms with E-state index < -0.39 is 0 Å². The zero-order valence-electron chi connectivity index (χ0n) is 17.0. The summed E-state index contributed by atoms with van der Waals surface area (Å²) in [6.07, 6.45) is 8.17. The molecular weight excluding hydrogens is 356 g/mol. The molecule has 0 radical (unpaired) electrons. The van der Waals surface area contributed by atoms with Crippen molar-refractivity contribution >= 4 is 27.6 Å². The molecule has 1 fully saturated rings. The van der Waals surface area contributed by atoms with Crippen molar-refractivity contribution in [1.29, 1.82) is 0 Å². The Hall–Kier alpha value is -3.12. The highest BCUT2D eigenvalue weighted by atomic mass is 16.3. The van der Waals surface area contributed by atoms with Gasteiger partial charge in [0.1, 0.15) is 18.2 Å². The van der Waals surface area contributed by atoms with Gasteiger partial charge in [0.2, 0.25) is 5.69 Å². The number of rotatable bonds is 2. The van der Waals surface area contributed by atoms with Crippen LogP contribution in [0.25, 0.3) is 38.0 Å². The van der Waals surface area contributed by atoms with Crippen LogP contribution in [-0.2, 0) is 7.05 Å². The largest absolute Gasteiger partial charge is 0.457 e. The number of hydrogen-bond acceptors (Lipinski definition) is 1. The molecule has 144 valence electrons. The van der Waals surface area contributed by atoms with Crippen molar-refractivity contribution in [2.24, 2.45) is 7.05 Å². The van der Waals surface area contributed by atoms with Crippen molar-refractivity contribution in [1.82, 2.24) is 0 Å². The van der Waals surface area contributed by atoms with E-state index in [0.717, 1.165) is 46.0 Å². The molecule has 0 spiro atoms. The van der Waals surface area contributed by atoms with E-state index in [1.807, 2.05) is 12.1 Å². The number of nitrogens with zero attached hydrogens (tertiary/aromatic N) is 2. The molecule has 0 bridgehead atoms. The van der Waals surface area contributed by atoms with Gasteiger partial charge in [0.25, 0.3) is 0 Å². The molecule has 3 nitrogen and oxygen atoms in total. The van der Waals surface area contributed by atoms with Gasteiger partial charge < -0.3 is 4.42 Å². The van der Waals surface area contributed by atoms with Crippen molar-refractivity contribution in [2.75, 3.05) is 0 Å². The van der Waals surface area contributed by atoms with Gasteiger partial charge >= 0.3 is 0 Å². The van der Waals surface area contributed by atoms with Crippen molar-refractivity contribution in [3.05, 3.63) is 71.2 Å². The highest BCUT2D eigenvalue weighted by molar-refractivity contribution is 6.08. The first-order valence-electron chi connectivity index (χ1n) is 10.5. The minimum Gasteiger partial charge on any atom is -0.457 e. The fourth-order valence-corrected chi connectivity index (χ4v) is 4.97. The van der Waals surface area contributed by atoms with E-state index in [4.69, 9.17) is 11.0 Å². The molecule has 1 aliphatic rings. The normalized spacial score (nSPS) is 15.1. The molecule has 29 heavy (non-hydrogen) atoms. The van der Waals surface area contributed by atoms with Crippen molar-refractivity contribution in [3.63, 3.8) is 0 Å². The SMILES string of the molecule is [C-]#[N+]c1ccc2c(oc3cc(-c4cccc[n+]4C)c(C)cc32)c1C1CCCCC1. The molecule has 2 heterocycles. The van der Waals surface area contributed by atoms with Crippen molar-refractivity contribution in [2.45, 2.75) is 44.9 Å². The Morgan fingerprint density at radius 1 is 1.03 bits per heavy atom. The second kappa shape index (κ2) is 7.04. The summed E-state index contributed by atoms with van der Waals surface area (Å²) >= 11 is 0. The molecule has 0 amide bonds. The van der Waals surface area contributed by atoms with Gasteiger partial charge in [-0.3, -0.25) is 0 Å². The van der Waals surface area contributed by atoms with E-state index in [1.54, 1.807) is 0 Å². The van der Waals surface area contributed by atoms with Crippen molar-refractivity contribution < 1.29 is 8.98 Å². The maximum absolute atomic E-state index is 7.70. The van der Waals surface area contributed by atoms with E-state index in [2.05, 4.69) is 59.9 Å². The van der Waals surface area contributed by atoms with Crippen LogP contribution >= 0.6 is 0 Å². The molecule has 1 aliphatic carbocycles. The smallest absolute Gasteiger partial charge is 0.212 e. The number of furan rings is 1. The number of aryl methyl sites for hydroxylation is 2. The Morgan fingerprint density at radius 3 is 2.62 bits per heavy atom. The molecule has 4 aromatic rings. The molecule has 0 saturated heterocycles. The molecular formula is C26H25N2O+. The molecule has 0 unspecified atom stereocenters. The first kappa shape index (κ1) is 17.9. The van der Waals surface area contributed by atoms with Crippen LogP contribution in [0.3, 0.4) is 0 Å². The third-order valence-corrected chi connectivity index (χ3v) is 6.47. The number of aromatic nitrogens is 1. The van der Waals surface area contributed by atoms with Crippen LogP contribution in [-0.4, -0.2) is 0 Å². The van der Waals surface area contributed by atoms with Gasteiger partial charge in [0.05, 0.1) is 12.1 Å². The van der Waals surface area contributed by atoms with E-state index in [0.29, 0.717) is 5.92 Å². The minimum absolute atomic E-state index is 0.435. The summed E-state index contributed by atoms with van der Waals surface area (Å²) in [5.74, 6) is 0.435. The fourth-order valence-electron chi connectivity index (χ4n) is 4.97.